The highest BCUT2D eigenvalue weighted by Gasteiger charge is 2.25. The number of carbonyl (C=O) groups excluding carboxylic acids is 1. The summed E-state index contributed by atoms with van der Waals surface area (Å²) in [6.07, 6.45) is 4.38. The topological polar surface area (TPSA) is 58.1 Å². The van der Waals surface area contributed by atoms with Gasteiger partial charge in [-0.3, -0.25) is 9.78 Å². The van der Waals surface area contributed by atoms with Crippen molar-refractivity contribution < 1.29 is 4.79 Å². The van der Waals surface area contributed by atoms with Gasteiger partial charge in [-0.15, -0.1) is 11.3 Å². The quantitative estimate of drug-likeness (QED) is 0.922. The average molecular weight is 274 g/mol. The van der Waals surface area contributed by atoms with E-state index < -0.39 is 0 Å². The zero-order valence-corrected chi connectivity index (χ0v) is 11.1. The van der Waals surface area contributed by atoms with Crippen molar-refractivity contribution in [3.8, 4) is 0 Å². The number of rotatable bonds is 3. The van der Waals surface area contributed by atoms with Crippen LogP contribution in [0.25, 0.3) is 0 Å². The lowest BCUT2D eigenvalue weighted by atomic mass is 10.2. The van der Waals surface area contributed by atoms with Gasteiger partial charge in [-0.25, -0.2) is 4.98 Å². The van der Waals surface area contributed by atoms with Crippen LogP contribution in [0, 0.1) is 0 Å². The van der Waals surface area contributed by atoms with Crippen LogP contribution < -0.4 is 10.2 Å². The molecule has 1 fully saturated rings. The molecule has 2 aromatic heterocycles. The Hall–Kier alpha value is -1.95. The van der Waals surface area contributed by atoms with E-state index in [4.69, 9.17) is 0 Å². The first-order valence-corrected chi connectivity index (χ1v) is 7.07. The van der Waals surface area contributed by atoms with E-state index in [0.29, 0.717) is 5.69 Å². The normalized spacial score (nSPS) is 18.5. The molecule has 3 rings (SSSR count). The predicted octanol–water partition coefficient (Wildman–Crippen LogP) is 1.55. The Balaban J connectivity index is 1.59. The molecule has 1 aliphatic heterocycles. The van der Waals surface area contributed by atoms with Crippen molar-refractivity contribution in [2.45, 2.75) is 12.5 Å². The molecular weight excluding hydrogens is 260 g/mol. The van der Waals surface area contributed by atoms with Gasteiger partial charge in [0.25, 0.3) is 5.91 Å². The number of pyridine rings is 1. The summed E-state index contributed by atoms with van der Waals surface area (Å²) in [5.74, 6) is -0.105. The fourth-order valence-corrected chi connectivity index (χ4v) is 2.86. The number of hydrogen-bond acceptors (Lipinski definition) is 5. The van der Waals surface area contributed by atoms with Crippen LogP contribution in [0.3, 0.4) is 0 Å². The van der Waals surface area contributed by atoms with Gasteiger partial charge in [0, 0.05) is 36.9 Å². The summed E-state index contributed by atoms with van der Waals surface area (Å²) < 4.78 is 0. The summed E-state index contributed by atoms with van der Waals surface area (Å²) in [5.41, 5.74) is 0.468. The number of aromatic nitrogens is 2. The maximum atomic E-state index is 12.0. The lowest BCUT2D eigenvalue weighted by Crippen LogP contribution is -2.37. The van der Waals surface area contributed by atoms with E-state index in [0.717, 1.165) is 24.6 Å². The minimum atomic E-state index is -0.105. The van der Waals surface area contributed by atoms with Crippen molar-refractivity contribution in [3.63, 3.8) is 0 Å². The molecule has 1 unspecified atom stereocenters. The lowest BCUT2D eigenvalue weighted by molar-refractivity contribution is 0.0935. The molecule has 1 aliphatic rings. The molecule has 0 radical (unpaired) electrons. The summed E-state index contributed by atoms with van der Waals surface area (Å²) in [6.45, 7) is 1.74. The molecular formula is C13H14N4OS. The number of thiazole rings is 1. The Labute approximate surface area is 115 Å². The molecule has 6 heteroatoms. The van der Waals surface area contributed by atoms with Crippen molar-refractivity contribution in [2.24, 2.45) is 0 Å². The van der Waals surface area contributed by atoms with Gasteiger partial charge in [-0.05, 0) is 18.6 Å². The Morgan fingerprint density at radius 1 is 1.37 bits per heavy atom. The molecule has 1 saturated heterocycles. The van der Waals surface area contributed by atoms with Crippen LogP contribution in [0.4, 0.5) is 5.13 Å². The fourth-order valence-electron chi connectivity index (χ4n) is 2.18. The molecule has 0 bridgehead atoms. The summed E-state index contributed by atoms with van der Waals surface area (Å²) in [4.78, 5) is 22.5. The number of hydrogen-bond donors (Lipinski definition) is 1. The molecule has 0 aliphatic carbocycles. The minimum Gasteiger partial charge on any atom is -0.346 e. The van der Waals surface area contributed by atoms with Gasteiger partial charge in [-0.2, -0.15) is 0 Å². The molecule has 1 amide bonds. The van der Waals surface area contributed by atoms with E-state index in [9.17, 15) is 4.79 Å². The zero-order chi connectivity index (χ0) is 13.1. The van der Waals surface area contributed by atoms with E-state index >= 15 is 0 Å². The molecule has 3 heterocycles. The Morgan fingerprint density at radius 3 is 3.05 bits per heavy atom. The Kier molecular flexibility index (Phi) is 3.41. The molecule has 98 valence electrons. The van der Waals surface area contributed by atoms with Crippen molar-refractivity contribution in [2.75, 3.05) is 18.0 Å². The molecule has 2 aromatic rings. The maximum Gasteiger partial charge on any atom is 0.270 e. The first-order chi connectivity index (χ1) is 9.33. The average Bonchev–Trinajstić information content (AvgIpc) is 3.10. The summed E-state index contributed by atoms with van der Waals surface area (Å²) in [6, 6.07) is 5.51. The third-order valence-electron chi connectivity index (χ3n) is 3.11. The molecule has 0 spiro atoms. The van der Waals surface area contributed by atoms with E-state index in [1.165, 1.54) is 0 Å². The third-order valence-corrected chi connectivity index (χ3v) is 3.94. The van der Waals surface area contributed by atoms with Crippen molar-refractivity contribution in [1.82, 2.24) is 15.3 Å². The molecule has 1 N–H and O–H groups in total. The first kappa shape index (κ1) is 12.1. The second kappa shape index (κ2) is 5.36. The fraction of sp³-hybridized carbons (Fsp3) is 0.308. The van der Waals surface area contributed by atoms with Crippen LogP contribution in [0.1, 0.15) is 16.9 Å². The number of nitrogens with zero attached hydrogens (tertiary/aromatic N) is 3. The van der Waals surface area contributed by atoms with Crippen LogP contribution in [-0.2, 0) is 0 Å². The predicted molar refractivity (Wildman–Crippen MR) is 74.4 cm³/mol. The van der Waals surface area contributed by atoms with E-state index in [1.54, 1.807) is 35.9 Å². The van der Waals surface area contributed by atoms with Crippen molar-refractivity contribution in [3.05, 3.63) is 41.7 Å². The van der Waals surface area contributed by atoms with Crippen LogP contribution in [-0.4, -0.2) is 35.0 Å². The standard InChI is InChI=1S/C13H14N4OS/c18-12(11-3-1-2-5-14-11)16-10-4-7-17(9-10)13-15-6-8-19-13/h1-3,5-6,8,10H,4,7,9H2,(H,16,18). The molecule has 0 saturated carbocycles. The summed E-state index contributed by atoms with van der Waals surface area (Å²) in [7, 11) is 0. The van der Waals surface area contributed by atoms with Crippen LogP contribution in [0.5, 0.6) is 0 Å². The van der Waals surface area contributed by atoms with Gasteiger partial charge in [-0.1, -0.05) is 6.07 Å². The van der Waals surface area contributed by atoms with E-state index in [-0.39, 0.29) is 11.9 Å². The highest BCUT2D eigenvalue weighted by Crippen LogP contribution is 2.22. The summed E-state index contributed by atoms with van der Waals surface area (Å²) in [5, 5.41) is 6.01. The SMILES string of the molecule is O=C(NC1CCN(c2nccs2)C1)c1ccccn1. The van der Waals surface area contributed by atoms with E-state index in [1.807, 2.05) is 11.4 Å². The number of anilines is 1. The number of carbonyl (C=O) groups is 1. The third kappa shape index (κ3) is 2.73. The number of nitrogens with one attached hydrogen (secondary N) is 1. The Morgan fingerprint density at radius 2 is 2.32 bits per heavy atom. The smallest absolute Gasteiger partial charge is 0.270 e. The first-order valence-electron chi connectivity index (χ1n) is 6.19. The second-order valence-corrected chi connectivity index (χ2v) is 5.31. The molecule has 0 aromatic carbocycles. The van der Waals surface area contributed by atoms with E-state index in [2.05, 4.69) is 20.2 Å². The van der Waals surface area contributed by atoms with Gasteiger partial charge in [0.2, 0.25) is 0 Å². The van der Waals surface area contributed by atoms with Crippen molar-refractivity contribution >= 4 is 22.4 Å². The van der Waals surface area contributed by atoms with Gasteiger partial charge >= 0.3 is 0 Å². The molecule has 5 nitrogen and oxygen atoms in total. The van der Waals surface area contributed by atoms with Gasteiger partial charge in [0.1, 0.15) is 5.69 Å². The second-order valence-electron chi connectivity index (χ2n) is 4.43. The summed E-state index contributed by atoms with van der Waals surface area (Å²) >= 11 is 1.63. The van der Waals surface area contributed by atoms with Crippen LogP contribution >= 0.6 is 11.3 Å². The highest BCUT2D eigenvalue weighted by molar-refractivity contribution is 7.13. The largest absolute Gasteiger partial charge is 0.346 e. The molecule has 1 atom stereocenters. The minimum absolute atomic E-state index is 0.105. The zero-order valence-electron chi connectivity index (χ0n) is 10.3. The molecule has 19 heavy (non-hydrogen) atoms. The van der Waals surface area contributed by atoms with Crippen LogP contribution in [0.15, 0.2) is 36.0 Å². The van der Waals surface area contributed by atoms with Crippen molar-refractivity contribution in [1.29, 1.82) is 0 Å². The van der Waals surface area contributed by atoms with Crippen LogP contribution in [0.2, 0.25) is 0 Å². The maximum absolute atomic E-state index is 12.0. The Bertz CT molecular complexity index is 543. The van der Waals surface area contributed by atoms with Gasteiger partial charge in [0.15, 0.2) is 5.13 Å². The highest BCUT2D eigenvalue weighted by atomic mass is 32.1. The van der Waals surface area contributed by atoms with Gasteiger partial charge in [0.05, 0.1) is 0 Å². The number of amides is 1. The lowest BCUT2D eigenvalue weighted by Gasteiger charge is -2.15. The monoisotopic (exact) mass is 274 g/mol. The van der Waals surface area contributed by atoms with Gasteiger partial charge < -0.3 is 10.2 Å².